The van der Waals surface area contributed by atoms with Crippen LogP contribution < -0.4 is 15.0 Å². The molecule has 0 saturated carbocycles. The maximum absolute atomic E-state index is 13.8. The number of halogens is 1. The second-order valence-electron chi connectivity index (χ2n) is 6.83. The van der Waals surface area contributed by atoms with Crippen LogP contribution in [0.4, 0.5) is 10.2 Å². The van der Waals surface area contributed by atoms with Crippen molar-refractivity contribution in [3.8, 4) is 5.88 Å². The van der Waals surface area contributed by atoms with Gasteiger partial charge in [0.2, 0.25) is 5.88 Å². The minimum atomic E-state index is -0.352. The summed E-state index contributed by atoms with van der Waals surface area (Å²) >= 11 is 0. The van der Waals surface area contributed by atoms with Crippen LogP contribution in [-0.4, -0.2) is 35.0 Å². The normalized spacial score (nSPS) is 15.9. The van der Waals surface area contributed by atoms with E-state index in [4.69, 9.17) is 4.74 Å². The largest absolute Gasteiger partial charge is 0.472 e. The molecule has 1 atom stereocenters. The summed E-state index contributed by atoms with van der Waals surface area (Å²) in [7, 11) is 0. The average Bonchev–Trinajstić information content (AvgIpc) is 3.22. The zero-order valence-electron chi connectivity index (χ0n) is 15.8. The molecule has 0 aliphatic carbocycles. The number of amides is 1. The Hall–Kier alpha value is -3.48. The predicted octanol–water partition coefficient (Wildman–Crippen LogP) is 3.20. The smallest absolute Gasteiger partial charge is 0.257 e. The van der Waals surface area contributed by atoms with Crippen molar-refractivity contribution >= 4 is 11.7 Å². The van der Waals surface area contributed by atoms with E-state index < -0.39 is 0 Å². The third-order valence-corrected chi connectivity index (χ3v) is 4.83. The van der Waals surface area contributed by atoms with Gasteiger partial charge in [-0.3, -0.25) is 4.79 Å². The van der Waals surface area contributed by atoms with Crippen molar-refractivity contribution in [1.82, 2.24) is 15.3 Å². The molecular formula is C22H21FN4O2. The first-order valence-corrected chi connectivity index (χ1v) is 9.49. The van der Waals surface area contributed by atoms with Gasteiger partial charge in [-0.25, -0.2) is 14.4 Å². The van der Waals surface area contributed by atoms with Crippen molar-refractivity contribution in [1.29, 1.82) is 0 Å². The lowest BCUT2D eigenvalue weighted by Crippen LogP contribution is -2.37. The van der Waals surface area contributed by atoms with Crippen LogP contribution in [0.2, 0.25) is 0 Å². The van der Waals surface area contributed by atoms with E-state index in [0.717, 1.165) is 18.8 Å². The van der Waals surface area contributed by atoms with E-state index >= 15 is 0 Å². The summed E-state index contributed by atoms with van der Waals surface area (Å²) < 4.78 is 19.5. The predicted molar refractivity (Wildman–Crippen MR) is 107 cm³/mol. The molecule has 1 amide bonds. The fourth-order valence-corrected chi connectivity index (χ4v) is 3.33. The summed E-state index contributed by atoms with van der Waals surface area (Å²) in [5.74, 6) is 0.483. The fourth-order valence-electron chi connectivity index (χ4n) is 3.33. The molecule has 1 N–H and O–H groups in total. The molecule has 3 aromatic rings. The highest BCUT2D eigenvalue weighted by Gasteiger charge is 2.26. The van der Waals surface area contributed by atoms with Gasteiger partial charge in [-0.15, -0.1) is 0 Å². The minimum absolute atomic E-state index is 0.000843. The number of carbonyl (C=O) groups is 1. The Balaban J connectivity index is 1.40. The number of nitrogens with zero attached hydrogens (tertiary/aromatic N) is 3. The number of carbonyl (C=O) groups excluding carboxylic acids is 1. The van der Waals surface area contributed by atoms with Gasteiger partial charge in [0.25, 0.3) is 5.91 Å². The van der Waals surface area contributed by atoms with Crippen molar-refractivity contribution in [2.75, 3.05) is 18.0 Å². The van der Waals surface area contributed by atoms with Crippen molar-refractivity contribution in [2.45, 2.75) is 19.1 Å². The molecule has 3 heterocycles. The van der Waals surface area contributed by atoms with Gasteiger partial charge in [0.15, 0.2) is 0 Å². The van der Waals surface area contributed by atoms with E-state index in [1.165, 1.54) is 6.07 Å². The summed E-state index contributed by atoms with van der Waals surface area (Å²) in [5.41, 5.74) is 0.742. The molecule has 0 spiro atoms. The van der Waals surface area contributed by atoms with Gasteiger partial charge in [0.05, 0.1) is 0 Å². The first-order valence-electron chi connectivity index (χ1n) is 9.49. The van der Waals surface area contributed by atoms with Gasteiger partial charge in [-0.2, -0.15) is 0 Å². The first kappa shape index (κ1) is 18.9. The lowest BCUT2D eigenvalue weighted by Gasteiger charge is -2.18. The summed E-state index contributed by atoms with van der Waals surface area (Å²) in [4.78, 5) is 23.5. The van der Waals surface area contributed by atoms with E-state index in [0.29, 0.717) is 17.7 Å². The van der Waals surface area contributed by atoms with Gasteiger partial charge < -0.3 is 15.0 Å². The Morgan fingerprint density at radius 3 is 2.76 bits per heavy atom. The maximum atomic E-state index is 13.8. The third-order valence-electron chi connectivity index (χ3n) is 4.83. The monoisotopic (exact) mass is 392 g/mol. The number of aromatic nitrogens is 2. The SMILES string of the molecule is O=C(N[C@@H]1CCN(c2ccccn2)C1)c1cccnc1OCc1ccccc1F. The lowest BCUT2D eigenvalue weighted by atomic mass is 10.2. The first-order chi connectivity index (χ1) is 14.2. The van der Waals surface area contributed by atoms with Crippen LogP contribution in [0, 0.1) is 5.82 Å². The number of rotatable bonds is 6. The average molecular weight is 392 g/mol. The van der Waals surface area contributed by atoms with Crippen LogP contribution in [0.5, 0.6) is 5.88 Å². The van der Waals surface area contributed by atoms with Gasteiger partial charge in [0, 0.05) is 37.1 Å². The molecular weight excluding hydrogens is 371 g/mol. The summed E-state index contributed by atoms with van der Waals surface area (Å²) in [6.07, 6.45) is 4.13. The van der Waals surface area contributed by atoms with Crippen LogP contribution in [0.1, 0.15) is 22.3 Å². The van der Waals surface area contributed by atoms with Crippen LogP contribution in [0.25, 0.3) is 0 Å². The topological polar surface area (TPSA) is 67.4 Å². The Morgan fingerprint density at radius 2 is 1.93 bits per heavy atom. The Bertz CT molecular complexity index is 983. The second-order valence-corrected chi connectivity index (χ2v) is 6.83. The van der Waals surface area contributed by atoms with E-state index in [1.807, 2.05) is 18.2 Å². The number of hydrogen-bond acceptors (Lipinski definition) is 5. The van der Waals surface area contributed by atoms with E-state index in [2.05, 4.69) is 20.2 Å². The van der Waals surface area contributed by atoms with Gasteiger partial charge in [0.1, 0.15) is 23.8 Å². The summed E-state index contributed by atoms with van der Waals surface area (Å²) in [5, 5.41) is 3.04. The highest BCUT2D eigenvalue weighted by Crippen LogP contribution is 2.20. The standard InChI is InChI=1S/C22H21FN4O2/c23-19-8-2-1-6-16(19)15-29-22-18(7-5-12-25-22)21(28)26-17-10-13-27(14-17)20-9-3-4-11-24-20/h1-9,11-12,17H,10,13-15H2,(H,26,28)/t17-/m1/s1. The summed E-state index contributed by atoms with van der Waals surface area (Å²) in [6.45, 7) is 1.51. The maximum Gasteiger partial charge on any atom is 0.257 e. The highest BCUT2D eigenvalue weighted by molar-refractivity contribution is 5.96. The van der Waals surface area contributed by atoms with Gasteiger partial charge >= 0.3 is 0 Å². The molecule has 7 heteroatoms. The molecule has 0 radical (unpaired) electrons. The molecule has 4 rings (SSSR count). The van der Waals surface area contributed by atoms with Crippen LogP contribution in [0.3, 0.4) is 0 Å². The zero-order valence-corrected chi connectivity index (χ0v) is 15.8. The molecule has 1 saturated heterocycles. The third kappa shape index (κ3) is 4.51. The van der Waals surface area contributed by atoms with Crippen molar-refractivity contribution in [2.24, 2.45) is 0 Å². The number of nitrogens with one attached hydrogen (secondary N) is 1. The Labute approximate surface area is 168 Å². The van der Waals surface area contributed by atoms with Gasteiger partial charge in [-0.1, -0.05) is 24.3 Å². The van der Waals surface area contributed by atoms with E-state index in [-0.39, 0.29) is 30.3 Å². The van der Waals surface area contributed by atoms with E-state index in [1.54, 1.807) is 42.7 Å². The van der Waals surface area contributed by atoms with E-state index in [9.17, 15) is 9.18 Å². The van der Waals surface area contributed by atoms with Crippen molar-refractivity contribution < 1.29 is 13.9 Å². The molecule has 1 aliphatic rings. The molecule has 1 aromatic carbocycles. The molecule has 2 aromatic heterocycles. The van der Waals surface area contributed by atoms with Crippen LogP contribution in [-0.2, 0) is 6.61 Å². The fraction of sp³-hybridized carbons (Fsp3) is 0.227. The van der Waals surface area contributed by atoms with Crippen molar-refractivity contribution in [3.05, 3.63) is 83.9 Å². The Morgan fingerprint density at radius 1 is 1.10 bits per heavy atom. The molecule has 0 bridgehead atoms. The molecule has 0 unspecified atom stereocenters. The van der Waals surface area contributed by atoms with Crippen molar-refractivity contribution in [3.63, 3.8) is 0 Å². The van der Waals surface area contributed by atoms with Crippen LogP contribution >= 0.6 is 0 Å². The lowest BCUT2D eigenvalue weighted by molar-refractivity contribution is 0.0934. The molecule has 1 fully saturated rings. The molecule has 148 valence electrons. The number of benzene rings is 1. The quantitative estimate of drug-likeness (QED) is 0.698. The molecule has 6 nitrogen and oxygen atoms in total. The highest BCUT2D eigenvalue weighted by atomic mass is 19.1. The number of anilines is 1. The van der Waals surface area contributed by atoms with Gasteiger partial charge in [-0.05, 0) is 36.8 Å². The summed E-state index contributed by atoms with van der Waals surface area (Å²) in [6, 6.07) is 15.5. The molecule has 29 heavy (non-hydrogen) atoms. The Kier molecular flexibility index (Phi) is 5.65. The second kappa shape index (κ2) is 8.68. The number of pyridine rings is 2. The number of ether oxygens (including phenoxy) is 1. The minimum Gasteiger partial charge on any atom is -0.472 e. The van der Waals surface area contributed by atoms with Crippen LogP contribution in [0.15, 0.2) is 67.0 Å². The number of hydrogen-bond donors (Lipinski definition) is 1. The zero-order chi connectivity index (χ0) is 20.1. The molecule has 1 aliphatic heterocycles.